The highest BCUT2D eigenvalue weighted by Crippen LogP contribution is 2.26. The van der Waals surface area contributed by atoms with Crippen LogP contribution < -0.4 is 0 Å². The maximum absolute atomic E-state index is 13.5. The van der Waals surface area contributed by atoms with Crippen molar-refractivity contribution < 1.29 is 23.5 Å². The number of ketones is 1. The number of carbonyl (C=O) groups excluding carboxylic acids is 2. The Labute approximate surface area is 131 Å². The van der Waals surface area contributed by atoms with Gasteiger partial charge in [-0.1, -0.05) is 23.2 Å². The van der Waals surface area contributed by atoms with Gasteiger partial charge in [-0.2, -0.15) is 0 Å². The summed E-state index contributed by atoms with van der Waals surface area (Å²) in [4.78, 5) is 24.1. The third-order valence-corrected chi connectivity index (χ3v) is 2.96. The van der Waals surface area contributed by atoms with E-state index in [9.17, 15) is 14.0 Å². The monoisotopic (exact) mass is 334 g/mol. The molecule has 0 N–H and O–H groups in total. The summed E-state index contributed by atoms with van der Waals surface area (Å²) in [6.45, 7) is 3.60. The molecule has 114 valence electrons. The standard InChI is InChI=1S/C14H13Cl2FO4/c1-3-20-7-9(14(19)21-4-2)13(18)8-5-12(17)11(16)6-10(8)15/h5-7H,3-4H2,1-2H3/b9-7+. The van der Waals surface area contributed by atoms with Gasteiger partial charge in [-0.25, -0.2) is 9.18 Å². The topological polar surface area (TPSA) is 52.6 Å². The molecule has 0 aliphatic heterocycles. The minimum Gasteiger partial charge on any atom is -0.500 e. The molecule has 0 fully saturated rings. The fourth-order valence-electron chi connectivity index (χ4n) is 1.41. The van der Waals surface area contributed by atoms with Crippen molar-refractivity contribution in [1.82, 2.24) is 0 Å². The van der Waals surface area contributed by atoms with Crippen LogP contribution in [-0.4, -0.2) is 25.0 Å². The van der Waals surface area contributed by atoms with E-state index in [0.29, 0.717) is 0 Å². The fourth-order valence-corrected chi connectivity index (χ4v) is 1.88. The molecule has 0 radical (unpaired) electrons. The van der Waals surface area contributed by atoms with E-state index in [2.05, 4.69) is 0 Å². The van der Waals surface area contributed by atoms with Crippen LogP contribution in [-0.2, 0) is 14.3 Å². The molecule has 0 heterocycles. The summed E-state index contributed by atoms with van der Waals surface area (Å²) in [5.41, 5.74) is -0.570. The molecule has 0 spiro atoms. The van der Waals surface area contributed by atoms with Gasteiger partial charge >= 0.3 is 5.97 Å². The number of rotatable bonds is 6. The van der Waals surface area contributed by atoms with Crippen molar-refractivity contribution in [3.63, 3.8) is 0 Å². The normalized spacial score (nSPS) is 11.2. The van der Waals surface area contributed by atoms with Gasteiger partial charge < -0.3 is 9.47 Å². The molecule has 0 atom stereocenters. The predicted octanol–water partition coefficient (Wildman–Crippen LogP) is 3.80. The Balaban J connectivity index is 3.23. The van der Waals surface area contributed by atoms with Gasteiger partial charge in [0.25, 0.3) is 0 Å². The number of esters is 1. The second kappa shape index (κ2) is 8.00. The first-order valence-electron chi connectivity index (χ1n) is 6.10. The molecule has 0 saturated carbocycles. The molecule has 7 heteroatoms. The van der Waals surface area contributed by atoms with Crippen molar-refractivity contribution in [2.24, 2.45) is 0 Å². The Bertz CT molecular complexity index is 585. The maximum Gasteiger partial charge on any atom is 0.345 e. The van der Waals surface area contributed by atoms with Crippen LogP contribution in [0.5, 0.6) is 0 Å². The van der Waals surface area contributed by atoms with Crippen LogP contribution in [0.1, 0.15) is 24.2 Å². The lowest BCUT2D eigenvalue weighted by Gasteiger charge is -2.08. The highest BCUT2D eigenvalue weighted by molar-refractivity contribution is 6.39. The van der Waals surface area contributed by atoms with Gasteiger partial charge in [0.05, 0.1) is 23.3 Å². The number of ether oxygens (including phenoxy) is 2. The van der Waals surface area contributed by atoms with E-state index in [-0.39, 0.29) is 34.4 Å². The summed E-state index contributed by atoms with van der Waals surface area (Å²) in [5, 5.41) is -0.291. The van der Waals surface area contributed by atoms with Crippen LogP contribution in [0.15, 0.2) is 24.0 Å². The van der Waals surface area contributed by atoms with Gasteiger partial charge in [0.2, 0.25) is 5.78 Å². The average Bonchev–Trinajstić information content (AvgIpc) is 2.43. The Hall–Kier alpha value is -1.59. The zero-order valence-corrected chi connectivity index (χ0v) is 12.9. The maximum atomic E-state index is 13.5. The molecule has 21 heavy (non-hydrogen) atoms. The summed E-state index contributed by atoms with van der Waals surface area (Å²) in [6.07, 6.45) is 0.975. The summed E-state index contributed by atoms with van der Waals surface area (Å²) >= 11 is 11.4. The Morgan fingerprint density at radius 1 is 1.19 bits per heavy atom. The first-order chi connectivity index (χ1) is 9.92. The van der Waals surface area contributed by atoms with E-state index in [0.717, 1.165) is 18.4 Å². The van der Waals surface area contributed by atoms with E-state index in [1.807, 2.05) is 0 Å². The lowest BCUT2D eigenvalue weighted by atomic mass is 10.0. The smallest absolute Gasteiger partial charge is 0.345 e. The highest BCUT2D eigenvalue weighted by Gasteiger charge is 2.25. The number of halogens is 3. The highest BCUT2D eigenvalue weighted by atomic mass is 35.5. The molecule has 0 bridgehead atoms. The number of carbonyl (C=O) groups is 2. The van der Waals surface area contributed by atoms with Gasteiger partial charge in [0.15, 0.2) is 0 Å². The molecular weight excluding hydrogens is 322 g/mol. The van der Waals surface area contributed by atoms with Crippen molar-refractivity contribution >= 4 is 35.0 Å². The third-order valence-electron chi connectivity index (χ3n) is 2.36. The lowest BCUT2D eigenvalue weighted by molar-refractivity contribution is -0.138. The van der Waals surface area contributed by atoms with Crippen LogP contribution >= 0.6 is 23.2 Å². The van der Waals surface area contributed by atoms with Crippen molar-refractivity contribution in [2.75, 3.05) is 13.2 Å². The van der Waals surface area contributed by atoms with E-state index in [1.165, 1.54) is 0 Å². The summed E-state index contributed by atoms with van der Waals surface area (Å²) in [6, 6.07) is 1.96. The van der Waals surface area contributed by atoms with E-state index >= 15 is 0 Å². The van der Waals surface area contributed by atoms with E-state index in [4.69, 9.17) is 32.7 Å². The average molecular weight is 335 g/mol. The number of benzene rings is 1. The molecule has 1 aromatic rings. The minimum absolute atomic E-state index is 0.0712. The zero-order chi connectivity index (χ0) is 16.0. The second-order valence-electron chi connectivity index (χ2n) is 3.78. The molecular formula is C14H13Cl2FO4. The second-order valence-corrected chi connectivity index (χ2v) is 4.60. The zero-order valence-electron chi connectivity index (χ0n) is 11.4. The fraction of sp³-hybridized carbons (Fsp3) is 0.286. The van der Waals surface area contributed by atoms with Gasteiger partial charge in [-0.05, 0) is 26.0 Å². The van der Waals surface area contributed by atoms with Gasteiger partial charge in [0.1, 0.15) is 17.7 Å². The molecule has 4 nitrogen and oxygen atoms in total. The Morgan fingerprint density at radius 2 is 1.86 bits per heavy atom. The van der Waals surface area contributed by atoms with Crippen LogP contribution in [0.25, 0.3) is 0 Å². The lowest BCUT2D eigenvalue weighted by Crippen LogP contribution is -2.17. The molecule has 0 aliphatic carbocycles. The first-order valence-corrected chi connectivity index (χ1v) is 6.86. The van der Waals surface area contributed by atoms with Crippen LogP contribution in [0.2, 0.25) is 10.0 Å². The summed E-state index contributed by atoms with van der Waals surface area (Å²) < 4.78 is 23.2. The third kappa shape index (κ3) is 4.44. The molecule has 1 rings (SSSR count). The molecule has 0 saturated heterocycles. The largest absolute Gasteiger partial charge is 0.500 e. The number of hydrogen-bond donors (Lipinski definition) is 0. The molecule has 1 aromatic carbocycles. The number of hydrogen-bond acceptors (Lipinski definition) is 4. The van der Waals surface area contributed by atoms with E-state index in [1.54, 1.807) is 13.8 Å². The van der Waals surface area contributed by atoms with Crippen LogP contribution in [0.4, 0.5) is 4.39 Å². The van der Waals surface area contributed by atoms with E-state index < -0.39 is 17.6 Å². The molecule has 0 aliphatic rings. The van der Waals surface area contributed by atoms with Crippen molar-refractivity contribution in [3.05, 3.63) is 45.4 Å². The van der Waals surface area contributed by atoms with Crippen LogP contribution in [0, 0.1) is 5.82 Å². The van der Waals surface area contributed by atoms with Gasteiger partial charge in [-0.3, -0.25) is 4.79 Å². The van der Waals surface area contributed by atoms with Crippen LogP contribution in [0.3, 0.4) is 0 Å². The Kier molecular flexibility index (Phi) is 6.65. The molecule has 0 unspecified atom stereocenters. The van der Waals surface area contributed by atoms with Gasteiger partial charge in [-0.15, -0.1) is 0 Å². The predicted molar refractivity (Wildman–Crippen MR) is 77.1 cm³/mol. The van der Waals surface area contributed by atoms with Crippen molar-refractivity contribution in [3.8, 4) is 0 Å². The quantitative estimate of drug-likeness (QED) is 0.151. The summed E-state index contributed by atoms with van der Waals surface area (Å²) in [7, 11) is 0. The molecule has 0 aromatic heterocycles. The van der Waals surface area contributed by atoms with Crippen molar-refractivity contribution in [1.29, 1.82) is 0 Å². The van der Waals surface area contributed by atoms with Gasteiger partial charge in [0, 0.05) is 5.56 Å². The summed E-state index contributed by atoms with van der Waals surface area (Å²) in [5.74, 6) is -2.49. The SMILES string of the molecule is CCO/C=C(/C(=O)OCC)C(=O)c1cc(F)c(Cl)cc1Cl. The minimum atomic E-state index is -0.873. The Morgan fingerprint density at radius 3 is 2.43 bits per heavy atom. The first kappa shape index (κ1) is 17.5. The number of Topliss-reactive ketones (excluding diaryl/α,β-unsaturated/α-hetero) is 1. The van der Waals surface area contributed by atoms with Crippen molar-refractivity contribution in [2.45, 2.75) is 13.8 Å². The molecule has 0 amide bonds.